The first-order valence-electron chi connectivity index (χ1n) is 5.20. The highest BCUT2D eigenvalue weighted by atomic mass is 35.5. The van der Waals surface area contributed by atoms with E-state index in [4.69, 9.17) is 16.3 Å². The molecule has 0 aliphatic heterocycles. The Kier molecular flexibility index (Phi) is 4.88. The number of rotatable bonds is 6. The summed E-state index contributed by atoms with van der Waals surface area (Å²) >= 11 is 5.39. The summed E-state index contributed by atoms with van der Waals surface area (Å²) in [4.78, 5) is 24.1. The second-order valence-corrected chi connectivity index (χ2v) is 3.81. The van der Waals surface area contributed by atoms with Gasteiger partial charge < -0.3 is 9.64 Å². The molecule has 0 atom stereocenters. The molecular formula is C10H16ClNO3. The lowest BCUT2D eigenvalue weighted by Gasteiger charge is -2.20. The highest BCUT2D eigenvalue weighted by Gasteiger charge is 2.33. The summed E-state index contributed by atoms with van der Waals surface area (Å²) in [7, 11) is 0. The molecule has 0 aromatic carbocycles. The predicted octanol–water partition coefficient (Wildman–Crippen LogP) is 1.81. The maximum Gasteiger partial charge on any atom is 0.410 e. The first-order chi connectivity index (χ1) is 7.19. The molecule has 5 heteroatoms. The van der Waals surface area contributed by atoms with Gasteiger partial charge in [0.05, 0.1) is 12.5 Å². The number of amides is 1. The number of ether oxygens (including phenoxy) is 1. The molecule has 1 aliphatic rings. The molecule has 0 radical (unpaired) electrons. The molecule has 15 heavy (non-hydrogen) atoms. The summed E-state index contributed by atoms with van der Waals surface area (Å²) in [5, 5.41) is 0. The Balaban J connectivity index is 2.36. The highest BCUT2D eigenvalue weighted by molar-refractivity contribution is 6.27. The van der Waals surface area contributed by atoms with Crippen LogP contribution in [0.3, 0.4) is 0 Å². The molecule has 1 amide bonds. The zero-order valence-corrected chi connectivity index (χ0v) is 9.63. The van der Waals surface area contributed by atoms with Gasteiger partial charge in [-0.3, -0.25) is 4.79 Å². The number of alkyl halides is 1. The first kappa shape index (κ1) is 12.3. The van der Waals surface area contributed by atoms with Crippen molar-refractivity contribution in [3.63, 3.8) is 0 Å². The third kappa shape index (κ3) is 4.08. The molecule has 0 heterocycles. The van der Waals surface area contributed by atoms with Crippen molar-refractivity contribution in [2.75, 3.05) is 19.0 Å². The number of carbonyl (C=O) groups is 2. The van der Waals surface area contributed by atoms with Crippen molar-refractivity contribution in [3.8, 4) is 0 Å². The number of hydrogen-bond acceptors (Lipinski definition) is 3. The van der Waals surface area contributed by atoms with Crippen LogP contribution in [0.4, 0.5) is 4.79 Å². The van der Waals surface area contributed by atoms with Crippen LogP contribution in [0, 0.1) is 0 Å². The van der Waals surface area contributed by atoms with Gasteiger partial charge in [-0.25, -0.2) is 4.79 Å². The monoisotopic (exact) mass is 233 g/mol. The van der Waals surface area contributed by atoms with Gasteiger partial charge in [0.15, 0.2) is 0 Å². The number of halogens is 1. The predicted molar refractivity (Wildman–Crippen MR) is 57.1 cm³/mol. The van der Waals surface area contributed by atoms with Crippen molar-refractivity contribution in [2.45, 2.75) is 32.2 Å². The Bertz CT molecular complexity index is 241. The van der Waals surface area contributed by atoms with Gasteiger partial charge in [0.25, 0.3) is 0 Å². The molecule has 0 spiro atoms. The van der Waals surface area contributed by atoms with Crippen molar-refractivity contribution in [1.29, 1.82) is 0 Å². The lowest BCUT2D eigenvalue weighted by atomic mass is 10.3. The van der Waals surface area contributed by atoms with Gasteiger partial charge in [-0.15, -0.1) is 11.6 Å². The van der Waals surface area contributed by atoms with Crippen LogP contribution in [-0.2, 0) is 9.53 Å². The Morgan fingerprint density at radius 1 is 1.47 bits per heavy atom. The van der Waals surface area contributed by atoms with E-state index < -0.39 is 0 Å². The average Bonchev–Trinajstić information content (AvgIpc) is 3.02. The van der Waals surface area contributed by atoms with Crippen LogP contribution in [0.1, 0.15) is 26.2 Å². The maximum atomic E-state index is 11.5. The van der Waals surface area contributed by atoms with Crippen molar-refractivity contribution in [1.82, 2.24) is 4.90 Å². The van der Waals surface area contributed by atoms with Crippen LogP contribution in [0.2, 0.25) is 0 Å². The van der Waals surface area contributed by atoms with Gasteiger partial charge in [0, 0.05) is 19.0 Å². The Morgan fingerprint density at radius 2 is 2.13 bits per heavy atom. The number of Topliss-reactive ketones (excluding diaryl/α,β-unsaturated/α-hetero) is 1. The summed E-state index contributed by atoms with van der Waals surface area (Å²) in [5.74, 6) is -0.0203. The van der Waals surface area contributed by atoms with Gasteiger partial charge >= 0.3 is 6.09 Å². The molecule has 86 valence electrons. The molecule has 0 aromatic rings. The van der Waals surface area contributed by atoms with E-state index >= 15 is 0 Å². The number of nitrogens with zero attached hydrogens (tertiary/aromatic N) is 1. The van der Waals surface area contributed by atoms with E-state index in [1.807, 2.05) is 0 Å². The average molecular weight is 234 g/mol. The minimum atomic E-state index is -0.317. The lowest BCUT2D eigenvalue weighted by molar-refractivity contribution is -0.116. The molecule has 0 aromatic heterocycles. The molecule has 1 rings (SSSR count). The SMILES string of the molecule is CCOC(=O)N(CCC(=O)CCl)C1CC1. The van der Waals surface area contributed by atoms with Crippen LogP contribution in [0.15, 0.2) is 0 Å². The molecule has 0 bridgehead atoms. The van der Waals surface area contributed by atoms with Gasteiger partial charge in [-0.05, 0) is 19.8 Å². The van der Waals surface area contributed by atoms with Gasteiger partial charge in [0.2, 0.25) is 0 Å². The van der Waals surface area contributed by atoms with E-state index in [0.717, 1.165) is 12.8 Å². The van der Waals surface area contributed by atoms with E-state index in [1.54, 1.807) is 11.8 Å². The molecule has 0 N–H and O–H groups in total. The minimum Gasteiger partial charge on any atom is -0.450 e. The van der Waals surface area contributed by atoms with E-state index in [-0.39, 0.29) is 23.8 Å². The van der Waals surface area contributed by atoms with E-state index in [0.29, 0.717) is 19.6 Å². The standard InChI is InChI=1S/C10H16ClNO3/c1-2-15-10(14)12(8-3-4-8)6-5-9(13)7-11/h8H,2-7H2,1H3. The Morgan fingerprint density at radius 3 is 2.60 bits per heavy atom. The minimum absolute atomic E-state index is 0.0152. The fraction of sp³-hybridized carbons (Fsp3) is 0.800. The summed E-state index contributed by atoms with van der Waals surface area (Å²) in [6.45, 7) is 2.56. The fourth-order valence-corrected chi connectivity index (χ4v) is 1.46. The molecule has 4 nitrogen and oxygen atoms in total. The number of carbonyl (C=O) groups excluding carboxylic acids is 2. The van der Waals surface area contributed by atoms with Crippen LogP contribution in [-0.4, -0.2) is 41.8 Å². The topological polar surface area (TPSA) is 46.6 Å². The quantitative estimate of drug-likeness (QED) is 0.658. The third-order valence-corrected chi connectivity index (χ3v) is 2.57. The fourth-order valence-electron chi connectivity index (χ4n) is 1.33. The number of ketones is 1. The zero-order valence-electron chi connectivity index (χ0n) is 8.87. The van der Waals surface area contributed by atoms with Crippen molar-refractivity contribution in [3.05, 3.63) is 0 Å². The largest absolute Gasteiger partial charge is 0.450 e. The van der Waals surface area contributed by atoms with Crippen LogP contribution < -0.4 is 0 Å². The summed E-state index contributed by atoms with van der Waals surface area (Å²) in [6, 6.07) is 0.271. The number of hydrogen-bond donors (Lipinski definition) is 0. The van der Waals surface area contributed by atoms with E-state index in [9.17, 15) is 9.59 Å². The second-order valence-electron chi connectivity index (χ2n) is 3.55. The van der Waals surface area contributed by atoms with Crippen molar-refractivity contribution >= 4 is 23.5 Å². The van der Waals surface area contributed by atoms with Crippen LogP contribution in [0.25, 0.3) is 0 Å². The van der Waals surface area contributed by atoms with E-state index in [1.165, 1.54) is 0 Å². The first-order valence-corrected chi connectivity index (χ1v) is 5.73. The summed E-state index contributed by atoms with van der Waals surface area (Å²) < 4.78 is 4.91. The molecule has 0 unspecified atom stereocenters. The molecule has 1 fully saturated rings. The van der Waals surface area contributed by atoms with Crippen LogP contribution in [0.5, 0.6) is 0 Å². The van der Waals surface area contributed by atoms with Gasteiger partial charge in [-0.2, -0.15) is 0 Å². The maximum absolute atomic E-state index is 11.5. The molecule has 0 saturated heterocycles. The van der Waals surface area contributed by atoms with Gasteiger partial charge in [0.1, 0.15) is 5.78 Å². The second kappa shape index (κ2) is 5.95. The zero-order chi connectivity index (χ0) is 11.3. The third-order valence-electron chi connectivity index (χ3n) is 2.27. The molecular weight excluding hydrogens is 218 g/mol. The molecule has 1 aliphatic carbocycles. The van der Waals surface area contributed by atoms with Crippen molar-refractivity contribution < 1.29 is 14.3 Å². The summed E-state index contributed by atoms with van der Waals surface area (Å²) in [5.41, 5.74) is 0. The highest BCUT2D eigenvalue weighted by Crippen LogP contribution is 2.27. The summed E-state index contributed by atoms with van der Waals surface area (Å²) in [6.07, 6.45) is 2.02. The lowest BCUT2D eigenvalue weighted by Crippen LogP contribution is -2.35. The Labute approximate surface area is 94.5 Å². The Hall–Kier alpha value is -0.770. The van der Waals surface area contributed by atoms with Gasteiger partial charge in [-0.1, -0.05) is 0 Å². The van der Waals surface area contributed by atoms with Crippen molar-refractivity contribution in [2.24, 2.45) is 0 Å². The van der Waals surface area contributed by atoms with E-state index in [2.05, 4.69) is 0 Å². The molecule has 1 saturated carbocycles. The normalized spacial score (nSPS) is 14.8. The van der Waals surface area contributed by atoms with Crippen LogP contribution >= 0.6 is 11.6 Å². The smallest absolute Gasteiger partial charge is 0.410 e.